The Morgan fingerprint density at radius 2 is 1.89 bits per heavy atom. The number of thiazole rings is 1. The van der Waals surface area contributed by atoms with Gasteiger partial charge in [0.25, 0.3) is 5.91 Å². The van der Waals surface area contributed by atoms with Crippen molar-refractivity contribution in [3.63, 3.8) is 0 Å². The van der Waals surface area contributed by atoms with Gasteiger partial charge in [0, 0.05) is 11.1 Å². The number of aromatic nitrogens is 1. The molecule has 0 aliphatic heterocycles. The average Bonchev–Trinajstić information content (AvgIpc) is 2.75. The van der Waals surface area contributed by atoms with Gasteiger partial charge in [-0.3, -0.25) is 4.79 Å². The number of hydrogen-bond acceptors (Lipinski definition) is 3. The third kappa shape index (κ3) is 3.31. The van der Waals surface area contributed by atoms with Gasteiger partial charge in [0.05, 0.1) is 10.6 Å². The second-order valence-electron chi connectivity index (χ2n) is 3.78. The van der Waals surface area contributed by atoms with Crippen LogP contribution in [0.25, 0.3) is 0 Å². The highest BCUT2D eigenvalue weighted by Crippen LogP contribution is 2.29. The summed E-state index contributed by atoms with van der Waals surface area (Å²) in [5.74, 6) is -0.441. The van der Waals surface area contributed by atoms with Gasteiger partial charge in [-0.2, -0.15) is 13.2 Å². The molecule has 7 heteroatoms. The molecule has 0 saturated heterocycles. The van der Waals surface area contributed by atoms with Crippen molar-refractivity contribution in [2.24, 2.45) is 0 Å². The summed E-state index contributed by atoms with van der Waals surface area (Å²) in [5.41, 5.74) is -0.207. The molecule has 0 unspecified atom stereocenters. The maximum Gasteiger partial charge on any atom is 0.416 e. The van der Waals surface area contributed by atoms with Gasteiger partial charge >= 0.3 is 6.18 Å². The molecule has 0 fully saturated rings. The Balaban J connectivity index is 2.10. The summed E-state index contributed by atoms with van der Waals surface area (Å²) in [4.78, 5) is 15.7. The van der Waals surface area contributed by atoms with Crippen LogP contribution in [0.2, 0.25) is 0 Å². The molecule has 100 valence electrons. The van der Waals surface area contributed by atoms with Crippen molar-refractivity contribution in [2.75, 3.05) is 5.32 Å². The van der Waals surface area contributed by atoms with Gasteiger partial charge in [0.1, 0.15) is 5.69 Å². The van der Waals surface area contributed by atoms with E-state index in [0.29, 0.717) is 5.69 Å². The van der Waals surface area contributed by atoms with Gasteiger partial charge in [-0.25, -0.2) is 4.98 Å². The molecule has 0 bridgehead atoms. The van der Waals surface area contributed by atoms with Crippen LogP contribution in [-0.2, 0) is 6.18 Å². The molecule has 0 aliphatic rings. The fraction of sp³-hybridized carbons (Fsp3) is 0.167. The van der Waals surface area contributed by atoms with E-state index in [9.17, 15) is 18.0 Å². The summed E-state index contributed by atoms with van der Waals surface area (Å²) in [7, 11) is 0. The zero-order valence-electron chi connectivity index (χ0n) is 9.78. The highest BCUT2D eigenvalue weighted by Gasteiger charge is 2.30. The van der Waals surface area contributed by atoms with Gasteiger partial charge in [0.2, 0.25) is 0 Å². The van der Waals surface area contributed by atoms with E-state index in [4.69, 9.17) is 0 Å². The lowest BCUT2D eigenvalue weighted by Gasteiger charge is -2.08. The monoisotopic (exact) mass is 286 g/mol. The van der Waals surface area contributed by atoms with Crippen molar-refractivity contribution in [3.8, 4) is 0 Å². The van der Waals surface area contributed by atoms with Crippen LogP contribution in [-0.4, -0.2) is 10.9 Å². The molecule has 0 radical (unpaired) electrons. The molecule has 0 spiro atoms. The number of amides is 1. The highest BCUT2D eigenvalue weighted by molar-refractivity contribution is 7.09. The first-order valence-corrected chi connectivity index (χ1v) is 6.15. The number of benzene rings is 1. The maximum absolute atomic E-state index is 12.4. The topological polar surface area (TPSA) is 42.0 Å². The smallest absolute Gasteiger partial charge is 0.321 e. The predicted molar refractivity (Wildman–Crippen MR) is 66.2 cm³/mol. The van der Waals surface area contributed by atoms with Crippen LogP contribution < -0.4 is 5.32 Å². The summed E-state index contributed by atoms with van der Waals surface area (Å²) in [6.45, 7) is 1.76. The number of halogens is 3. The van der Waals surface area contributed by atoms with Crippen LogP contribution in [0.1, 0.15) is 21.1 Å². The largest absolute Gasteiger partial charge is 0.416 e. The fourth-order valence-corrected chi connectivity index (χ4v) is 2.00. The third-order valence-electron chi connectivity index (χ3n) is 2.32. The van der Waals surface area contributed by atoms with Crippen LogP contribution in [0.15, 0.2) is 29.6 Å². The van der Waals surface area contributed by atoms with E-state index in [1.165, 1.54) is 23.5 Å². The Bertz CT molecular complexity index is 590. The first-order chi connectivity index (χ1) is 8.86. The minimum atomic E-state index is -4.38. The van der Waals surface area contributed by atoms with E-state index in [1.807, 2.05) is 0 Å². The molecular formula is C12H9F3N2OS. The highest BCUT2D eigenvalue weighted by atomic mass is 32.1. The van der Waals surface area contributed by atoms with Crippen LogP contribution in [0.3, 0.4) is 0 Å². The quantitative estimate of drug-likeness (QED) is 0.914. The van der Waals surface area contributed by atoms with Crippen molar-refractivity contribution >= 4 is 22.9 Å². The number of hydrogen-bond donors (Lipinski definition) is 1. The zero-order valence-corrected chi connectivity index (χ0v) is 10.6. The van der Waals surface area contributed by atoms with E-state index in [0.717, 1.165) is 17.1 Å². The van der Waals surface area contributed by atoms with E-state index in [-0.39, 0.29) is 5.69 Å². The number of carbonyl (C=O) groups excluding carboxylic acids is 1. The normalized spacial score (nSPS) is 11.4. The maximum atomic E-state index is 12.4. The van der Waals surface area contributed by atoms with Crippen molar-refractivity contribution in [3.05, 3.63) is 45.9 Å². The van der Waals surface area contributed by atoms with E-state index >= 15 is 0 Å². The number of alkyl halides is 3. The first-order valence-electron chi connectivity index (χ1n) is 5.27. The first kappa shape index (κ1) is 13.5. The molecule has 1 amide bonds. The fourth-order valence-electron chi connectivity index (χ4n) is 1.41. The molecule has 1 heterocycles. The lowest BCUT2D eigenvalue weighted by molar-refractivity contribution is -0.137. The van der Waals surface area contributed by atoms with Gasteiger partial charge in [-0.05, 0) is 31.2 Å². The second kappa shape index (κ2) is 5.00. The standard InChI is InChI=1S/C12H9F3N2OS/c1-7-16-10(6-19-7)11(18)17-9-4-2-8(3-5-9)12(13,14)15/h2-6H,1H3,(H,17,18). The molecule has 0 atom stereocenters. The summed E-state index contributed by atoms with van der Waals surface area (Å²) in [6, 6.07) is 4.25. The molecule has 1 N–H and O–H groups in total. The molecular weight excluding hydrogens is 277 g/mol. The summed E-state index contributed by atoms with van der Waals surface area (Å²) < 4.78 is 37.1. The van der Waals surface area contributed by atoms with Gasteiger partial charge in [-0.1, -0.05) is 0 Å². The zero-order chi connectivity index (χ0) is 14.0. The van der Waals surface area contributed by atoms with Crippen molar-refractivity contribution in [2.45, 2.75) is 13.1 Å². The third-order valence-corrected chi connectivity index (χ3v) is 3.10. The number of anilines is 1. The lowest BCUT2D eigenvalue weighted by atomic mass is 10.2. The Labute approximate surface area is 111 Å². The second-order valence-corrected chi connectivity index (χ2v) is 4.84. The molecule has 0 aliphatic carbocycles. The molecule has 3 nitrogen and oxygen atoms in total. The number of carbonyl (C=O) groups is 1. The summed E-state index contributed by atoms with van der Waals surface area (Å²) >= 11 is 1.33. The van der Waals surface area contributed by atoms with Gasteiger partial charge < -0.3 is 5.32 Å². The minimum Gasteiger partial charge on any atom is -0.321 e. The molecule has 0 saturated carbocycles. The van der Waals surface area contributed by atoms with Gasteiger partial charge in [-0.15, -0.1) is 11.3 Å². The number of nitrogens with zero attached hydrogens (tertiary/aromatic N) is 1. The number of nitrogens with one attached hydrogen (secondary N) is 1. The van der Waals surface area contributed by atoms with Crippen molar-refractivity contribution in [1.82, 2.24) is 4.98 Å². The average molecular weight is 286 g/mol. The van der Waals surface area contributed by atoms with Crippen molar-refractivity contribution < 1.29 is 18.0 Å². The molecule has 19 heavy (non-hydrogen) atoms. The SMILES string of the molecule is Cc1nc(C(=O)Nc2ccc(C(F)(F)F)cc2)cs1. The Morgan fingerprint density at radius 3 is 2.37 bits per heavy atom. The summed E-state index contributed by atoms with van der Waals surface area (Å²) in [6.07, 6.45) is -4.38. The van der Waals surface area contributed by atoms with Gasteiger partial charge in [0.15, 0.2) is 0 Å². The van der Waals surface area contributed by atoms with Crippen LogP contribution >= 0.6 is 11.3 Å². The van der Waals surface area contributed by atoms with Crippen LogP contribution in [0.4, 0.5) is 18.9 Å². The minimum absolute atomic E-state index is 0.252. The lowest BCUT2D eigenvalue weighted by Crippen LogP contribution is -2.12. The molecule has 2 aromatic rings. The molecule has 1 aromatic carbocycles. The number of aryl methyl sites for hydroxylation is 1. The predicted octanol–water partition coefficient (Wildman–Crippen LogP) is 3.72. The Kier molecular flexibility index (Phi) is 3.57. The van der Waals surface area contributed by atoms with Crippen LogP contribution in [0.5, 0.6) is 0 Å². The van der Waals surface area contributed by atoms with E-state index in [1.54, 1.807) is 12.3 Å². The van der Waals surface area contributed by atoms with E-state index in [2.05, 4.69) is 10.3 Å². The summed E-state index contributed by atoms with van der Waals surface area (Å²) in [5, 5.41) is 4.83. The molecule has 2 rings (SSSR count). The van der Waals surface area contributed by atoms with Crippen molar-refractivity contribution in [1.29, 1.82) is 0 Å². The molecule has 1 aromatic heterocycles. The Morgan fingerprint density at radius 1 is 1.26 bits per heavy atom. The van der Waals surface area contributed by atoms with Crippen LogP contribution in [0, 0.1) is 6.92 Å². The number of rotatable bonds is 2. The van der Waals surface area contributed by atoms with E-state index < -0.39 is 17.6 Å². The Hall–Kier alpha value is -1.89.